The summed E-state index contributed by atoms with van der Waals surface area (Å²) < 4.78 is 11.9. The number of methoxy groups -OCH3 is 1. The number of likely N-dealkylation sites (tertiary alicyclic amines) is 1. The van der Waals surface area contributed by atoms with Gasteiger partial charge in [-0.15, -0.1) is 0 Å². The normalized spacial score (nSPS) is 18.8. The summed E-state index contributed by atoms with van der Waals surface area (Å²) in [6.07, 6.45) is -0.314. The van der Waals surface area contributed by atoms with Gasteiger partial charge in [-0.2, -0.15) is 0 Å². The Morgan fingerprint density at radius 1 is 1.50 bits per heavy atom. The summed E-state index contributed by atoms with van der Waals surface area (Å²) in [7, 11) is 1.58. The molecule has 1 fully saturated rings. The maximum Gasteiger partial charge on any atom is 0.407 e. The Bertz CT molecular complexity index is 452. The van der Waals surface area contributed by atoms with Crippen LogP contribution in [0.3, 0.4) is 0 Å². The number of benzene rings is 1. The Morgan fingerprint density at radius 3 is 2.89 bits per heavy atom. The van der Waals surface area contributed by atoms with Crippen LogP contribution in [0.4, 0.5) is 4.79 Å². The van der Waals surface area contributed by atoms with E-state index in [4.69, 9.17) is 14.6 Å². The van der Waals surface area contributed by atoms with Gasteiger partial charge >= 0.3 is 6.09 Å². The molecule has 98 valence electrons. The van der Waals surface area contributed by atoms with Crippen molar-refractivity contribution in [3.05, 3.63) is 22.7 Å². The van der Waals surface area contributed by atoms with Crippen LogP contribution in [0.5, 0.6) is 11.5 Å². The van der Waals surface area contributed by atoms with Crippen molar-refractivity contribution in [2.75, 3.05) is 20.2 Å². The summed E-state index contributed by atoms with van der Waals surface area (Å²) in [4.78, 5) is 12.2. The molecule has 1 aromatic carbocycles. The van der Waals surface area contributed by atoms with Crippen LogP contribution in [-0.4, -0.2) is 42.4 Å². The highest BCUT2D eigenvalue weighted by molar-refractivity contribution is 9.10. The summed E-state index contributed by atoms with van der Waals surface area (Å²) in [5.41, 5.74) is 0. The van der Waals surface area contributed by atoms with Crippen molar-refractivity contribution < 1.29 is 19.4 Å². The Balaban J connectivity index is 2.04. The molecule has 0 spiro atoms. The number of carbonyl (C=O) groups is 1. The van der Waals surface area contributed by atoms with Gasteiger partial charge in [0.25, 0.3) is 0 Å². The third-order valence-electron chi connectivity index (χ3n) is 2.83. The van der Waals surface area contributed by atoms with E-state index >= 15 is 0 Å². The predicted molar refractivity (Wildman–Crippen MR) is 69.3 cm³/mol. The summed E-state index contributed by atoms with van der Waals surface area (Å²) in [6, 6.07) is 5.49. The molecule has 1 saturated heterocycles. The van der Waals surface area contributed by atoms with E-state index in [0.717, 1.165) is 4.47 Å². The first-order chi connectivity index (χ1) is 8.60. The Hall–Kier alpha value is -1.43. The molecule has 0 aromatic heterocycles. The number of amides is 1. The molecule has 0 unspecified atom stereocenters. The largest absolute Gasteiger partial charge is 0.493 e. The van der Waals surface area contributed by atoms with E-state index < -0.39 is 6.09 Å². The first kappa shape index (κ1) is 13.0. The molecular formula is C12H14BrNO4. The molecule has 0 radical (unpaired) electrons. The van der Waals surface area contributed by atoms with E-state index in [1.807, 2.05) is 18.2 Å². The average molecular weight is 316 g/mol. The molecule has 5 nitrogen and oxygen atoms in total. The van der Waals surface area contributed by atoms with Gasteiger partial charge in [0, 0.05) is 17.4 Å². The van der Waals surface area contributed by atoms with Gasteiger partial charge in [-0.05, 0) is 18.2 Å². The fourth-order valence-corrected chi connectivity index (χ4v) is 2.26. The van der Waals surface area contributed by atoms with Crippen LogP contribution in [0.1, 0.15) is 6.42 Å². The molecule has 18 heavy (non-hydrogen) atoms. The number of ether oxygens (including phenoxy) is 2. The van der Waals surface area contributed by atoms with Crippen molar-refractivity contribution in [2.24, 2.45) is 0 Å². The van der Waals surface area contributed by atoms with Gasteiger partial charge in [-0.25, -0.2) is 4.79 Å². The van der Waals surface area contributed by atoms with Gasteiger partial charge < -0.3 is 19.5 Å². The Morgan fingerprint density at radius 2 is 2.28 bits per heavy atom. The maximum absolute atomic E-state index is 10.8. The van der Waals surface area contributed by atoms with Crippen LogP contribution in [-0.2, 0) is 0 Å². The molecule has 0 saturated carbocycles. The van der Waals surface area contributed by atoms with Gasteiger partial charge in [-0.1, -0.05) is 15.9 Å². The highest BCUT2D eigenvalue weighted by atomic mass is 79.9. The topological polar surface area (TPSA) is 59.0 Å². The van der Waals surface area contributed by atoms with Crippen LogP contribution in [0.2, 0.25) is 0 Å². The van der Waals surface area contributed by atoms with Crippen molar-refractivity contribution in [2.45, 2.75) is 12.5 Å². The zero-order chi connectivity index (χ0) is 13.1. The van der Waals surface area contributed by atoms with E-state index in [1.54, 1.807) is 7.11 Å². The van der Waals surface area contributed by atoms with Gasteiger partial charge in [-0.3, -0.25) is 0 Å². The standard InChI is InChI=1S/C12H14BrNO4/c1-17-11-6-8(13)2-3-10(11)18-9-4-5-14(7-9)12(15)16/h2-3,6,9H,4-5,7H2,1H3,(H,15,16)/t9-/m0/s1. The number of hydrogen-bond donors (Lipinski definition) is 1. The second-order valence-electron chi connectivity index (χ2n) is 4.05. The minimum atomic E-state index is -0.899. The molecule has 1 N–H and O–H groups in total. The highest BCUT2D eigenvalue weighted by Crippen LogP contribution is 2.32. The van der Waals surface area contributed by atoms with Crippen molar-refractivity contribution in [1.29, 1.82) is 0 Å². The molecule has 0 aliphatic carbocycles. The van der Waals surface area contributed by atoms with Gasteiger partial charge in [0.1, 0.15) is 6.10 Å². The van der Waals surface area contributed by atoms with Gasteiger partial charge in [0.05, 0.1) is 13.7 Å². The third-order valence-corrected chi connectivity index (χ3v) is 3.33. The lowest BCUT2D eigenvalue weighted by molar-refractivity contribution is 0.145. The first-order valence-corrected chi connectivity index (χ1v) is 6.37. The Kier molecular flexibility index (Phi) is 3.96. The summed E-state index contributed by atoms with van der Waals surface area (Å²) in [5, 5.41) is 8.87. The summed E-state index contributed by atoms with van der Waals surface area (Å²) >= 11 is 3.36. The number of hydrogen-bond acceptors (Lipinski definition) is 3. The fraction of sp³-hybridized carbons (Fsp3) is 0.417. The maximum atomic E-state index is 10.8. The minimum absolute atomic E-state index is 0.115. The molecule has 1 aliphatic rings. The molecule has 1 heterocycles. The Labute approximate surface area is 113 Å². The lowest BCUT2D eigenvalue weighted by Gasteiger charge is -2.16. The quantitative estimate of drug-likeness (QED) is 0.931. The van der Waals surface area contributed by atoms with Crippen molar-refractivity contribution in [1.82, 2.24) is 4.90 Å². The van der Waals surface area contributed by atoms with E-state index in [1.165, 1.54) is 4.90 Å². The smallest absolute Gasteiger partial charge is 0.407 e. The molecule has 2 rings (SSSR count). The molecule has 1 atom stereocenters. The SMILES string of the molecule is COc1cc(Br)ccc1O[C@H]1CCN(C(=O)O)C1. The number of rotatable bonds is 3. The van der Waals surface area contributed by atoms with E-state index in [0.29, 0.717) is 31.0 Å². The van der Waals surface area contributed by atoms with Crippen molar-refractivity contribution in [3.8, 4) is 11.5 Å². The lowest BCUT2D eigenvalue weighted by atomic mass is 10.3. The van der Waals surface area contributed by atoms with E-state index in [2.05, 4.69) is 15.9 Å². The molecular weight excluding hydrogens is 302 g/mol. The van der Waals surface area contributed by atoms with Gasteiger partial charge in [0.2, 0.25) is 0 Å². The third kappa shape index (κ3) is 2.87. The van der Waals surface area contributed by atoms with Crippen LogP contribution in [0, 0.1) is 0 Å². The molecule has 0 bridgehead atoms. The van der Waals surface area contributed by atoms with Crippen LogP contribution in [0.25, 0.3) is 0 Å². The van der Waals surface area contributed by atoms with E-state index in [-0.39, 0.29) is 6.10 Å². The number of carboxylic acid groups (broad SMARTS) is 1. The predicted octanol–water partition coefficient (Wildman–Crippen LogP) is 2.59. The van der Waals surface area contributed by atoms with Crippen LogP contribution in [0.15, 0.2) is 22.7 Å². The van der Waals surface area contributed by atoms with E-state index in [9.17, 15) is 4.79 Å². The molecule has 6 heteroatoms. The molecule has 1 amide bonds. The van der Waals surface area contributed by atoms with Crippen molar-refractivity contribution in [3.63, 3.8) is 0 Å². The molecule has 1 aliphatic heterocycles. The second kappa shape index (κ2) is 5.48. The summed E-state index contributed by atoms with van der Waals surface area (Å²) in [5.74, 6) is 1.27. The monoisotopic (exact) mass is 315 g/mol. The fourth-order valence-electron chi connectivity index (χ4n) is 1.92. The summed E-state index contributed by atoms with van der Waals surface area (Å²) in [6.45, 7) is 0.910. The minimum Gasteiger partial charge on any atom is -0.493 e. The number of nitrogens with zero attached hydrogens (tertiary/aromatic N) is 1. The lowest BCUT2D eigenvalue weighted by Crippen LogP contribution is -2.29. The molecule has 1 aromatic rings. The average Bonchev–Trinajstić information content (AvgIpc) is 2.80. The highest BCUT2D eigenvalue weighted by Gasteiger charge is 2.27. The van der Waals surface area contributed by atoms with Crippen LogP contribution >= 0.6 is 15.9 Å². The zero-order valence-electron chi connectivity index (χ0n) is 9.93. The second-order valence-corrected chi connectivity index (χ2v) is 4.97. The van der Waals surface area contributed by atoms with Gasteiger partial charge in [0.15, 0.2) is 11.5 Å². The zero-order valence-corrected chi connectivity index (χ0v) is 11.5. The van der Waals surface area contributed by atoms with Crippen LogP contribution < -0.4 is 9.47 Å². The van der Waals surface area contributed by atoms with Crippen molar-refractivity contribution >= 4 is 22.0 Å². The first-order valence-electron chi connectivity index (χ1n) is 5.58. The number of halogens is 1.